The van der Waals surface area contributed by atoms with Crippen molar-refractivity contribution in [2.75, 3.05) is 61.7 Å². The third-order valence-electron chi connectivity index (χ3n) is 17.3. The average Bonchev–Trinajstić information content (AvgIpc) is 1.60. The first-order valence-electron chi connectivity index (χ1n) is 31.9. The van der Waals surface area contributed by atoms with E-state index >= 15 is 0 Å². The topological polar surface area (TPSA) is 894 Å². The number of aliphatic hydroxyl groups is 5. The smallest absolute Gasteiger partial charge is 0.386 e. The first-order chi connectivity index (χ1) is 53.3. The minimum atomic E-state index is -6.03. The van der Waals surface area contributed by atoms with E-state index in [4.69, 9.17) is 93.1 Å². The van der Waals surface area contributed by atoms with Gasteiger partial charge in [0.05, 0.1) is 52.0 Å². The standard InChI is InChI=1S/C48H63N21O39P6/c49-18-1-3-65(47(78)57-18)39-23(70)28(104-110(83,84)85)14(100-39)6-95-111(86,87)106-30-16(102-41(25(30)72)67-10-54-20-33(67)59-44(51)62-36(20)75)8-97-113(90,91)108-32-17(103-43(27(32)74)69-12-56-22-35(69)61-46(53)64-38(22)77)9-98-114(92,93)107-31-15(101-42(26(31)73)68-11-55-21-34(68)60-45(52)63-37(21)76)7-96-112(88,89)105-29-13(5-94-109(80,81)82)99-40(24(29)71)66-4-2-19(50)58-48(66)79/h1-4,10-17,23-32,39-43,70-74H,5-9H2,(H,86,87)(H,88,89)(H,90,91)(H,92,93)(H2,49,57,78)(H2,50,58,79)(H2,80,81,82)(H2,83,84,85)(H3,51,59,62,75)(H3,52,60,63,76)(H3,53,61,64,77)/t13-,14-,15-,16-,17-,23-,24-,25-,26-,27-,28-,29-,30-,31-,32-,39-,40-,41-,42-,43-/m1/s1. The molecule has 60 nitrogen and oxygen atoms in total. The monoisotopic (exact) mass is 1740 g/mol. The van der Waals surface area contributed by atoms with Gasteiger partial charge in [-0.25, -0.2) is 51.9 Å². The Kier molecular flexibility index (Phi) is 23.5. The number of nitrogens with two attached hydrogens (primary N) is 5. The summed E-state index contributed by atoms with van der Waals surface area (Å²) in [4.78, 5) is 186. The molecule has 13 rings (SSSR count). The number of nitrogen functional groups attached to an aromatic ring is 5. The number of ether oxygens (including phenoxy) is 5. The molecule has 26 N–H and O–H groups in total. The van der Waals surface area contributed by atoms with E-state index in [0.717, 1.165) is 57.2 Å². The third kappa shape index (κ3) is 18.0. The number of nitrogens with one attached hydrogen (secondary N) is 3. The van der Waals surface area contributed by atoms with Crippen LogP contribution in [0.1, 0.15) is 31.1 Å². The summed E-state index contributed by atoms with van der Waals surface area (Å²) in [6, 6.07) is 2.12. The first-order valence-corrected chi connectivity index (χ1v) is 41.0. The van der Waals surface area contributed by atoms with Gasteiger partial charge in [0.2, 0.25) is 17.8 Å². The second kappa shape index (κ2) is 31.8. The summed E-state index contributed by atoms with van der Waals surface area (Å²) in [5.74, 6) is -2.24. The lowest BCUT2D eigenvalue weighted by atomic mass is 10.1. The zero-order valence-corrected chi connectivity index (χ0v) is 61.8. The fourth-order valence-electron chi connectivity index (χ4n) is 12.4. The molecule has 8 aromatic rings. The molecular formula is C48H63N21O39P6. The molecule has 0 amide bonds. The van der Waals surface area contributed by atoms with Crippen LogP contribution in [0.5, 0.6) is 0 Å². The predicted molar refractivity (Wildman–Crippen MR) is 361 cm³/mol. The Bertz CT molecular complexity index is 5600. The molecule has 24 atom stereocenters. The molecule has 4 unspecified atom stereocenters. The Morgan fingerprint density at radius 1 is 0.360 bits per heavy atom. The molecule has 114 heavy (non-hydrogen) atoms. The van der Waals surface area contributed by atoms with Crippen molar-refractivity contribution in [1.29, 1.82) is 0 Å². The number of rotatable bonds is 30. The molecular weight excluding hydrogens is 1680 g/mol. The molecule has 8 aromatic heterocycles. The van der Waals surface area contributed by atoms with Gasteiger partial charge in [-0.3, -0.25) is 97.4 Å². The zero-order chi connectivity index (χ0) is 82.5. The fourth-order valence-corrected chi connectivity index (χ4v) is 17.2. The molecule has 5 saturated heterocycles. The van der Waals surface area contributed by atoms with Crippen LogP contribution < -0.4 is 56.7 Å². The van der Waals surface area contributed by atoms with E-state index in [9.17, 15) is 116 Å². The number of hydrogen-bond acceptors (Lipinski definition) is 44. The number of aliphatic hydroxyl groups excluding tert-OH is 5. The third-order valence-corrected chi connectivity index (χ3v) is 22.2. The van der Waals surface area contributed by atoms with Crippen molar-refractivity contribution >= 4 is 110 Å². The Labute approximate surface area is 626 Å². The molecule has 0 spiro atoms. The van der Waals surface area contributed by atoms with E-state index in [2.05, 4.69) is 59.3 Å². The fraction of sp³-hybridized carbons (Fsp3) is 0.521. The summed E-state index contributed by atoms with van der Waals surface area (Å²) in [6.07, 6.45) is -39.0. The molecule has 0 saturated carbocycles. The molecule has 13 heterocycles. The Morgan fingerprint density at radius 3 is 0.851 bits per heavy atom. The quantitative estimate of drug-likeness (QED) is 0.0186. The number of aromatic nitrogens is 16. The van der Waals surface area contributed by atoms with Crippen LogP contribution in [0.4, 0.5) is 29.5 Å². The van der Waals surface area contributed by atoms with Crippen molar-refractivity contribution in [3.63, 3.8) is 0 Å². The van der Waals surface area contributed by atoms with Crippen molar-refractivity contribution < 1.29 is 161 Å². The Morgan fingerprint density at radius 2 is 0.605 bits per heavy atom. The largest absolute Gasteiger partial charge is 0.472 e. The van der Waals surface area contributed by atoms with Crippen LogP contribution >= 0.6 is 46.9 Å². The zero-order valence-electron chi connectivity index (χ0n) is 56.4. The van der Waals surface area contributed by atoms with Gasteiger partial charge in [-0.05, 0) is 12.1 Å². The molecule has 5 fully saturated rings. The number of phosphoric ester groups is 6. The number of phosphoric acid groups is 6. The summed E-state index contributed by atoms with van der Waals surface area (Å²) < 4.78 is 165. The van der Waals surface area contributed by atoms with Crippen LogP contribution in [0.2, 0.25) is 0 Å². The second-order valence-electron chi connectivity index (χ2n) is 24.9. The SMILES string of the molecule is Nc1ccn([C@@H]2O[C@H](COP(=O)(O)O[C@H]3[C@@H](O)[C@H](n4cnc5c(=O)[nH]c(N)nc54)O[C@@H]3COP(=O)(O)O[C@H]3[C@@H](O)[C@H](n4cnc5c(=O)[nH]c(N)nc54)O[C@@H]3COP(=O)(O)O[C@H]3[C@@H](O)[C@H](n4cnc5c(=O)[nH]c(N)nc54)O[C@@H]3COP(=O)(O)O[C@H]3[C@@H](O)[C@H](n4ccc(N)nc4=O)O[C@@H]3COP(=O)(O)O)[C@@H](OP(=O)(O)O)[C@H]2O)c(=O)n1. The van der Waals surface area contributed by atoms with Gasteiger partial charge in [-0.1, -0.05) is 0 Å². The Balaban J connectivity index is 0.756. The van der Waals surface area contributed by atoms with Crippen LogP contribution in [0, 0.1) is 0 Å². The molecule has 5 aliphatic heterocycles. The summed E-state index contributed by atoms with van der Waals surface area (Å²) in [6.45, 7) is -6.89. The van der Waals surface area contributed by atoms with E-state index in [1.807, 2.05) is 0 Å². The van der Waals surface area contributed by atoms with Crippen molar-refractivity contribution in [3.05, 3.63) is 95.5 Å². The number of H-pyrrole nitrogens is 3. The van der Waals surface area contributed by atoms with E-state index < -0.39 is 282 Å². The molecule has 624 valence electrons. The highest BCUT2D eigenvalue weighted by atomic mass is 31.2. The van der Waals surface area contributed by atoms with Crippen LogP contribution in [0.25, 0.3) is 33.5 Å². The minimum Gasteiger partial charge on any atom is -0.386 e. The maximum Gasteiger partial charge on any atom is 0.472 e. The van der Waals surface area contributed by atoms with E-state index in [1.54, 1.807) is 0 Å². The van der Waals surface area contributed by atoms with Crippen molar-refractivity contribution in [3.8, 4) is 0 Å². The van der Waals surface area contributed by atoms with Crippen LogP contribution in [-0.4, -0.2) is 267 Å². The molecule has 0 aliphatic carbocycles. The van der Waals surface area contributed by atoms with Crippen LogP contribution in [0.3, 0.4) is 0 Å². The number of fused-ring (bicyclic) bond motifs is 3. The number of imidazole rings is 3. The normalized spacial score (nSPS) is 31.0. The molecule has 66 heteroatoms. The van der Waals surface area contributed by atoms with Gasteiger partial charge in [0.15, 0.2) is 64.6 Å². The molecule has 0 aromatic carbocycles. The summed E-state index contributed by atoms with van der Waals surface area (Å²) in [5, 5.41) is 58.5. The highest BCUT2D eigenvalue weighted by Crippen LogP contribution is 2.56. The number of anilines is 5. The van der Waals surface area contributed by atoms with Gasteiger partial charge in [0.1, 0.15) is 103 Å². The second-order valence-corrected chi connectivity index (χ2v) is 32.9. The lowest BCUT2D eigenvalue weighted by Gasteiger charge is -2.27. The number of hydrogen-bond donors (Lipinski definition) is 21. The minimum absolute atomic E-state index is 0.310. The van der Waals surface area contributed by atoms with E-state index in [0.29, 0.717) is 9.13 Å². The Hall–Kier alpha value is -7.93. The van der Waals surface area contributed by atoms with E-state index in [1.165, 1.54) is 0 Å². The average molecular weight is 1740 g/mol. The van der Waals surface area contributed by atoms with Gasteiger partial charge in [0.25, 0.3) is 16.7 Å². The van der Waals surface area contributed by atoms with Crippen molar-refractivity contribution in [1.82, 2.24) is 77.7 Å². The molecule has 0 radical (unpaired) electrons. The van der Waals surface area contributed by atoms with Gasteiger partial charge in [-0.2, -0.15) is 24.9 Å². The maximum atomic E-state index is 14.5. The highest BCUT2D eigenvalue weighted by molar-refractivity contribution is 7.48. The van der Waals surface area contributed by atoms with Crippen LogP contribution in [-0.2, 0) is 96.3 Å². The first kappa shape index (κ1) is 84.0. The molecule has 0 bridgehead atoms. The number of nitrogens with zero attached hydrogens (tertiary/aromatic N) is 13. The summed E-state index contributed by atoms with van der Waals surface area (Å²) in [5.41, 5.74) is 20.6. The van der Waals surface area contributed by atoms with Gasteiger partial charge < -0.3 is 117 Å². The van der Waals surface area contributed by atoms with Gasteiger partial charge in [-0.15, -0.1) is 0 Å². The summed E-state index contributed by atoms with van der Waals surface area (Å²) in [7, 11) is -34.7. The predicted octanol–water partition coefficient (Wildman–Crippen LogP) is -8.30. The lowest BCUT2D eigenvalue weighted by molar-refractivity contribution is -0.0646. The van der Waals surface area contributed by atoms with Gasteiger partial charge >= 0.3 is 58.3 Å². The van der Waals surface area contributed by atoms with E-state index in [-0.39, 0.29) is 11.6 Å². The highest BCUT2D eigenvalue weighted by Gasteiger charge is 2.57. The van der Waals surface area contributed by atoms with Crippen molar-refractivity contribution in [2.45, 2.75) is 123 Å². The van der Waals surface area contributed by atoms with Crippen molar-refractivity contribution in [2.24, 2.45) is 0 Å². The maximum absolute atomic E-state index is 14.5. The molecule has 5 aliphatic rings. The van der Waals surface area contributed by atoms with Gasteiger partial charge in [0, 0.05) is 12.4 Å². The summed E-state index contributed by atoms with van der Waals surface area (Å²) >= 11 is 0. The lowest BCUT2D eigenvalue weighted by Crippen LogP contribution is -2.39. The van der Waals surface area contributed by atoms with Crippen LogP contribution in [0.15, 0.2) is 67.5 Å². The number of aromatic amines is 3.